The van der Waals surface area contributed by atoms with E-state index in [1.54, 1.807) is 0 Å². The average Bonchev–Trinajstić information content (AvgIpc) is 2.69. The molecule has 0 aromatic carbocycles. The van der Waals surface area contributed by atoms with Gasteiger partial charge in [0.15, 0.2) is 0 Å². The topological polar surface area (TPSA) is 146 Å². The second kappa shape index (κ2) is 12.9. The van der Waals surface area contributed by atoms with Crippen molar-refractivity contribution in [1.29, 1.82) is 0 Å². The number of hydrogen-bond donors (Lipinski definition) is 2. The summed E-state index contributed by atoms with van der Waals surface area (Å²) in [5.41, 5.74) is -0.822. The third-order valence-corrected chi connectivity index (χ3v) is 2.93. The molecule has 0 saturated carbocycles. The highest BCUT2D eigenvalue weighted by atomic mass is 16.8. The molecule has 0 aromatic rings. The van der Waals surface area contributed by atoms with Crippen molar-refractivity contribution < 1.29 is 48.3 Å². The Morgan fingerprint density at radius 2 is 1.43 bits per heavy atom. The van der Waals surface area contributed by atoms with Crippen molar-refractivity contribution in [2.75, 3.05) is 19.8 Å². The minimum atomic E-state index is -2.99. The van der Waals surface area contributed by atoms with E-state index in [9.17, 15) is 29.4 Å². The van der Waals surface area contributed by atoms with E-state index in [4.69, 9.17) is 9.47 Å². The molecule has 30 heavy (non-hydrogen) atoms. The predicted molar refractivity (Wildman–Crippen MR) is 103 cm³/mol. The van der Waals surface area contributed by atoms with Gasteiger partial charge in [0.25, 0.3) is 0 Å². The zero-order valence-electron chi connectivity index (χ0n) is 16.7. The monoisotopic (exact) mass is 424 g/mol. The molecule has 164 valence electrons. The molecule has 0 aromatic heterocycles. The first-order valence-electron chi connectivity index (χ1n) is 8.40. The Hall–Kier alpha value is -3.50. The van der Waals surface area contributed by atoms with Crippen molar-refractivity contribution in [1.82, 2.24) is 0 Å². The Morgan fingerprint density at radius 3 is 1.93 bits per heavy atom. The fourth-order valence-electron chi connectivity index (χ4n) is 1.52. The highest BCUT2D eigenvalue weighted by Gasteiger charge is 2.36. The number of esters is 4. The number of carbonyl (C=O) groups excluding carboxylic acids is 4. The van der Waals surface area contributed by atoms with Crippen LogP contribution in [-0.2, 0) is 38.1 Å². The zero-order valence-corrected chi connectivity index (χ0v) is 16.7. The van der Waals surface area contributed by atoms with Crippen LogP contribution in [0, 0.1) is 0 Å². The largest absolute Gasteiger partial charge is 0.458 e. The molecule has 0 radical (unpaired) electrons. The van der Waals surface area contributed by atoms with Crippen LogP contribution in [0.1, 0.15) is 13.8 Å². The minimum Gasteiger partial charge on any atom is -0.458 e. The average molecular weight is 424 g/mol. The Labute approximate surface area is 173 Å². The van der Waals surface area contributed by atoms with Crippen molar-refractivity contribution >= 4 is 23.9 Å². The lowest BCUT2D eigenvalue weighted by Gasteiger charge is -2.25. The summed E-state index contributed by atoms with van der Waals surface area (Å²) < 4.78 is 18.6. The second-order valence-electron chi connectivity index (χ2n) is 5.66. The smallest absolute Gasteiger partial charge is 0.398 e. The number of carbonyl (C=O) groups is 4. The van der Waals surface area contributed by atoms with Gasteiger partial charge in [-0.25, -0.2) is 19.2 Å². The maximum absolute atomic E-state index is 12.2. The van der Waals surface area contributed by atoms with Gasteiger partial charge in [-0.2, -0.15) is 0 Å². The number of aliphatic hydroxyl groups is 2. The van der Waals surface area contributed by atoms with Crippen LogP contribution in [0.4, 0.5) is 0 Å². The summed E-state index contributed by atoms with van der Waals surface area (Å²) in [7, 11) is 0. The lowest BCUT2D eigenvalue weighted by molar-refractivity contribution is -0.334. The van der Waals surface area contributed by atoms with E-state index in [2.05, 4.69) is 29.2 Å². The maximum atomic E-state index is 12.2. The Kier molecular flexibility index (Phi) is 11.4. The molecule has 2 N–H and O–H groups in total. The third kappa shape index (κ3) is 9.62. The van der Waals surface area contributed by atoms with Crippen LogP contribution in [0.5, 0.6) is 0 Å². The van der Waals surface area contributed by atoms with Crippen LogP contribution >= 0.6 is 0 Å². The molecule has 0 fully saturated rings. The Bertz CT molecular complexity index is 774. The summed E-state index contributed by atoms with van der Waals surface area (Å²) in [6, 6.07) is 0. The normalized spacial score (nSPS) is 13.3. The number of aliphatic hydroxyl groups excluding tert-OH is 1. The van der Waals surface area contributed by atoms with Gasteiger partial charge in [-0.05, 0) is 19.9 Å². The molecule has 10 nitrogen and oxygen atoms in total. The molecule has 10 heteroatoms. The van der Waals surface area contributed by atoms with Gasteiger partial charge in [-0.1, -0.05) is 31.9 Å². The molecular formula is C20H24O10. The summed E-state index contributed by atoms with van der Waals surface area (Å²) in [5, 5.41) is 19.2. The third-order valence-electron chi connectivity index (χ3n) is 2.93. The highest BCUT2D eigenvalue weighted by Crippen LogP contribution is 2.15. The van der Waals surface area contributed by atoms with Crippen molar-refractivity contribution in [3.63, 3.8) is 0 Å². The van der Waals surface area contributed by atoms with Crippen molar-refractivity contribution in [3.8, 4) is 0 Å². The molecule has 1 unspecified atom stereocenters. The van der Waals surface area contributed by atoms with Gasteiger partial charge >= 0.3 is 29.9 Å². The molecule has 0 aliphatic heterocycles. The Balaban J connectivity index is 5.65. The molecule has 0 heterocycles. The van der Waals surface area contributed by atoms with E-state index in [1.807, 2.05) is 0 Å². The van der Waals surface area contributed by atoms with E-state index < -0.39 is 36.5 Å². The van der Waals surface area contributed by atoms with Crippen molar-refractivity contribution in [2.45, 2.75) is 19.8 Å². The molecule has 0 bridgehead atoms. The first-order valence-corrected chi connectivity index (χ1v) is 8.40. The summed E-state index contributed by atoms with van der Waals surface area (Å²) in [4.78, 5) is 47.6. The van der Waals surface area contributed by atoms with Gasteiger partial charge in [0.05, 0.1) is 5.57 Å². The van der Waals surface area contributed by atoms with Gasteiger partial charge in [-0.3, -0.25) is 0 Å². The first kappa shape index (κ1) is 26.5. The van der Waals surface area contributed by atoms with Gasteiger partial charge in [0.2, 0.25) is 0 Å². The van der Waals surface area contributed by atoms with Crippen molar-refractivity contribution in [3.05, 3.63) is 60.8 Å². The second-order valence-corrected chi connectivity index (χ2v) is 5.66. The summed E-state index contributed by atoms with van der Waals surface area (Å²) >= 11 is 0. The van der Waals surface area contributed by atoms with E-state index in [1.165, 1.54) is 26.0 Å². The van der Waals surface area contributed by atoms with Crippen LogP contribution in [0.15, 0.2) is 60.8 Å². The predicted octanol–water partition coefficient (Wildman–Crippen LogP) is 0.618. The lowest BCUT2D eigenvalue weighted by atomic mass is 10.1. The molecule has 1 atom stereocenters. The fourth-order valence-corrected chi connectivity index (χ4v) is 1.52. The van der Waals surface area contributed by atoms with Crippen LogP contribution in [0.25, 0.3) is 0 Å². The highest BCUT2D eigenvalue weighted by molar-refractivity contribution is 6.01. The maximum Gasteiger partial charge on any atom is 0.398 e. The van der Waals surface area contributed by atoms with E-state index in [0.717, 1.165) is 12.2 Å². The molecule has 0 saturated heterocycles. The van der Waals surface area contributed by atoms with Crippen molar-refractivity contribution in [2.24, 2.45) is 0 Å². The van der Waals surface area contributed by atoms with Crippen LogP contribution in [0.3, 0.4) is 0 Å². The molecule has 0 aliphatic rings. The molecule has 0 aliphatic carbocycles. The lowest BCUT2D eigenvalue weighted by Crippen LogP contribution is -2.43. The van der Waals surface area contributed by atoms with Crippen LogP contribution < -0.4 is 0 Å². The Morgan fingerprint density at radius 1 is 0.900 bits per heavy atom. The summed E-state index contributed by atoms with van der Waals surface area (Å²) in [6.45, 7) is 10.9. The first-order chi connectivity index (χ1) is 14.0. The number of ether oxygens (including phenoxy) is 4. The van der Waals surface area contributed by atoms with E-state index >= 15 is 0 Å². The van der Waals surface area contributed by atoms with Gasteiger partial charge < -0.3 is 29.2 Å². The van der Waals surface area contributed by atoms with E-state index in [-0.39, 0.29) is 29.9 Å². The molecular weight excluding hydrogens is 400 g/mol. The van der Waals surface area contributed by atoms with E-state index in [0.29, 0.717) is 0 Å². The zero-order chi connectivity index (χ0) is 23.3. The summed E-state index contributed by atoms with van der Waals surface area (Å²) in [5.74, 6) is -7.29. The van der Waals surface area contributed by atoms with Gasteiger partial charge in [0, 0.05) is 17.2 Å². The number of rotatable bonds is 12. The van der Waals surface area contributed by atoms with Gasteiger partial charge in [0.1, 0.15) is 19.8 Å². The quantitative estimate of drug-likeness (QED) is 0.114. The fraction of sp³-hybridized carbons (Fsp3) is 0.300. The number of hydrogen-bond acceptors (Lipinski definition) is 10. The SMILES string of the molecule is C=CCOC(=O)/C=C(/C=C(\C)C(=O)OC(O)(CO)OC(=O)C(=C)C)C(=O)OCC=C. The molecule has 0 spiro atoms. The van der Waals surface area contributed by atoms with Gasteiger partial charge in [-0.15, -0.1) is 0 Å². The molecule has 0 rings (SSSR count). The standard InChI is InChI=1S/C20H24O10/c1-6-8-27-16(22)11-15(19(25)28-9-7-2)10-14(5)18(24)30-20(26,12-21)29-17(23)13(3)4/h6-7,10-11,21,26H,1-3,8-9,12H2,4-5H3/b14-10+,15-11-. The molecule has 0 amide bonds. The minimum absolute atomic E-state index is 0.118. The van der Waals surface area contributed by atoms with Crippen LogP contribution in [0.2, 0.25) is 0 Å². The van der Waals surface area contributed by atoms with Crippen LogP contribution in [-0.4, -0.2) is 59.9 Å². The summed E-state index contributed by atoms with van der Waals surface area (Å²) in [6.07, 6.45) is 4.28.